The molecule has 0 radical (unpaired) electrons. The fraction of sp³-hybridized carbons (Fsp3) is 0.417. The molecule has 0 N–H and O–H groups in total. The average molecular weight is 242 g/mol. The predicted molar refractivity (Wildman–Crippen MR) is 61.9 cm³/mol. The van der Waals surface area contributed by atoms with Crippen LogP contribution in [0.15, 0.2) is 18.2 Å². The van der Waals surface area contributed by atoms with E-state index in [1.54, 1.807) is 7.05 Å². The minimum Gasteiger partial charge on any atom is -0.340 e. The lowest BCUT2D eigenvalue weighted by atomic mass is 10.2. The number of hydrogen-bond acceptors (Lipinski definition) is 2. The molecule has 0 saturated heterocycles. The molecular weight excluding hydrogens is 226 g/mol. The summed E-state index contributed by atoms with van der Waals surface area (Å²) in [5.41, 5.74) is -0.230. The molecular formula is C12H16F2N2O. The fourth-order valence-corrected chi connectivity index (χ4v) is 1.33. The molecule has 1 rings (SSSR count). The zero-order chi connectivity index (χ0) is 13.0. The van der Waals surface area contributed by atoms with Gasteiger partial charge in [-0.2, -0.15) is 0 Å². The number of carbonyl (C=O) groups is 1. The van der Waals surface area contributed by atoms with Crippen molar-refractivity contribution in [3.8, 4) is 0 Å². The van der Waals surface area contributed by atoms with Gasteiger partial charge in [-0.05, 0) is 26.2 Å². The van der Waals surface area contributed by atoms with Crippen molar-refractivity contribution in [2.24, 2.45) is 0 Å². The first kappa shape index (κ1) is 13.6. The molecule has 17 heavy (non-hydrogen) atoms. The number of carbonyl (C=O) groups excluding carboxylic acids is 1. The number of likely N-dealkylation sites (N-methyl/N-ethyl adjacent to an activating group) is 2. The lowest BCUT2D eigenvalue weighted by Crippen LogP contribution is -2.34. The van der Waals surface area contributed by atoms with Crippen LogP contribution in [-0.4, -0.2) is 49.9 Å². The number of nitrogens with zero attached hydrogens (tertiary/aromatic N) is 2. The van der Waals surface area contributed by atoms with Crippen molar-refractivity contribution in [2.75, 3.05) is 34.2 Å². The maximum atomic E-state index is 13.4. The zero-order valence-corrected chi connectivity index (χ0v) is 10.2. The van der Waals surface area contributed by atoms with Gasteiger partial charge in [0.05, 0.1) is 5.56 Å². The van der Waals surface area contributed by atoms with Crippen molar-refractivity contribution >= 4 is 5.91 Å². The van der Waals surface area contributed by atoms with Crippen LogP contribution in [0.4, 0.5) is 8.78 Å². The Bertz CT molecular complexity index is 407. The molecule has 0 saturated carbocycles. The first-order valence-electron chi connectivity index (χ1n) is 5.27. The van der Waals surface area contributed by atoms with E-state index in [1.165, 1.54) is 17.0 Å². The number of hydrogen-bond donors (Lipinski definition) is 0. The van der Waals surface area contributed by atoms with E-state index in [9.17, 15) is 13.6 Å². The third-order valence-electron chi connectivity index (χ3n) is 2.41. The highest BCUT2D eigenvalue weighted by Gasteiger charge is 2.18. The van der Waals surface area contributed by atoms with Crippen LogP contribution in [0.1, 0.15) is 10.4 Å². The van der Waals surface area contributed by atoms with Crippen molar-refractivity contribution in [2.45, 2.75) is 0 Å². The van der Waals surface area contributed by atoms with Gasteiger partial charge in [-0.3, -0.25) is 4.79 Å². The first-order chi connectivity index (χ1) is 7.93. The Balaban J connectivity index is 2.78. The normalized spacial score (nSPS) is 10.7. The van der Waals surface area contributed by atoms with E-state index < -0.39 is 17.5 Å². The van der Waals surface area contributed by atoms with E-state index in [2.05, 4.69) is 0 Å². The van der Waals surface area contributed by atoms with Crippen LogP contribution in [0, 0.1) is 11.6 Å². The number of amides is 1. The highest BCUT2D eigenvalue weighted by atomic mass is 19.2. The quantitative estimate of drug-likeness (QED) is 0.800. The van der Waals surface area contributed by atoms with E-state index in [-0.39, 0.29) is 5.56 Å². The maximum absolute atomic E-state index is 13.4. The molecule has 0 fully saturated rings. The molecule has 0 atom stereocenters. The van der Waals surface area contributed by atoms with Gasteiger partial charge in [0.25, 0.3) is 5.91 Å². The van der Waals surface area contributed by atoms with Crippen LogP contribution in [0.2, 0.25) is 0 Å². The molecule has 1 aromatic rings. The fourth-order valence-electron chi connectivity index (χ4n) is 1.33. The van der Waals surface area contributed by atoms with Gasteiger partial charge in [0.2, 0.25) is 0 Å². The molecule has 1 aromatic carbocycles. The predicted octanol–water partition coefficient (Wildman–Crippen LogP) is 1.60. The average Bonchev–Trinajstić information content (AvgIpc) is 2.28. The molecule has 94 valence electrons. The van der Waals surface area contributed by atoms with Crippen molar-refractivity contribution in [3.05, 3.63) is 35.4 Å². The molecule has 1 amide bonds. The highest BCUT2D eigenvalue weighted by molar-refractivity contribution is 5.94. The summed E-state index contributed by atoms with van der Waals surface area (Å²) in [7, 11) is 5.32. The van der Waals surface area contributed by atoms with Crippen LogP contribution in [0.25, 0.3) is 0 Å². The summed E-state index contributed by atoms with van der Waals surface area (Å²) in [4.78, 5) is 15.1. The van der Waals surface area contributed by atoms with Crippen LogP contribution in [-0.2, 0) is 0 Å². The van der Waals surface area contributed by atoms with E-state index in [0.717, 1.165) is 6.07 Å². The second-order valence-corrected chi connectivity index (χ2v) is 4.13. The van der Waals surface area contributed by atoms with Gasteiger partial charge in [0.15, 0.2) is 11.6 Å². The lowest BCUT2D eigenvalue weighted by Gasteiger charge is -2.19. The van der Waals surface area contributed by atoms with E-state index in [0.29, 0.717) is 13.1 Å². The summed E-state index contributed by atoms with van der Waals surface area (Å²) in [6.07, 6.45) is 0. The topological polar surface area (TPSA) is 23.6 Å². The molecule has 3 nitrogen and oxygen atoms in total. The molecule has 0 spiro atoms. The summed E-state index contributed by atoms with van der Waals surface area (Å²) in [6.45, 7) is 1.13. The summed E-state index contributed by atoms with van der Waals surface area (Å²) in [6, 6.07) is 3.60. The summed E-state index contributed by atoms with van der Waals surface area (Å²) in [5, 5.41) is 0. The second kappa shape index (κ2) is 5.72. The molecule has 0 bridgehead atoms. The van der Waals surface area contributed by atoms with E-state index in [1.807, 2.05) is 19.0 Å². The smallest absolute Gasteiger partial charge is 0.256 e. The first-order valence-corrected chi connectivity index (χ1v) is 5.27. The Morgan fingerprint density at radius 1 is 1.18 bits per heavy atom. The number of rotatable bonds is 4. The Kier molecular flexibility index (Phi) is 4.57. The largest absolute Gasteiger partial charge is 0.340 e. The van der Waals surface area contributed by atoms with Gasteiger partial charge >= 0.3 is 0 Å². The van der Waals surface area contributed by atoms with Gasteiger partial charge < -0.3 is 9.80 Å². The molecule has 0 aliphatic carbocycles. The van der Waals surface area contributed by atoms with Gasteiger partial charge in [-0.15, -0.1) is 0 Å². The van der Waals surface area contributed by atoms with E-state index in [4.69, 9.17) is 0 Å². The van der Waals surface area contributed by atoms with Crippen molar-refractivity contribution in [1.29, 1.82) is 0 Å². The molecule has 5 heteroatoms. The van der Waals surface area contributed by atoms with Gasteiger partial charge in [0, 0.05) is 20.1 Å². The van der Waals surface area contributed by atoms with Crippen LogP contribution >= 0.6 is 0 Å². The Morgan fingerprint density at radius 3 is 2.41 bits per heavy atom. The van der Waals surface area contributed by atoms with E-state index >= 15 is 0 Å². The van der Waals surface area contributed by atoms with Crippen molar-refractivity contribution < 1.29 is 13.6 Å². The molecule has 0 unspecified atom stereocenters. The SMILES string of the molecule is CN(C)CCN(C)C(=O)c1cccc(F)c1F. The summed E-state index contributed by atoms with van der Waals surface area (Å²) < 4.78 is 26.3. The standard InChI is InChI=1S/C12H16F2N2O/c1-15(2)7-8-16(3)12(17)9-5-4-6-10(13)11(9)14/h4-6H,7-8H2,1-3H3. The number of halogens is 2. The highest BCUT2D eigenvalue weighted by Crippen LogP contribution is 2.13. The Hall–Kier alpha value is -1.49. The zero-order valence-electron chi connectivity index (χ0n) is 10.2. The van der Waals surface area contributed by atoms with Crippen molar-refractivity contribution in [3.63, 3.8) is 0 Å². The lowest BCUT2D eigenvalue weighted by molar-refractivity contribution is 0.0780. The molecule has 0 aliphatic heterocycles. The number of benzene rings is 1. The van der Waals surface area contributed by atoms with Crippen molar-refractivity contribution in [1.82, 2.24) is 9.80 Å². The third kappa shape index (κ3) is 3.49. The summed E-state index contributed by atoms with van der Waals surface area (Å²) in [5.74, 6) is -2.60. The Labute approximate surface area is 99.6 Å². The molecule has 0 aromatic heterocycles. The van der Waals surface area contributed by atoms with Crippen LogP contribution in [0.5, 0.6) is 0 Å². The monoisotopic (exact) mass is 242 g/mol. The summed E-state index contributed by atoms with van der Waals surface area (Å²) >= 11 is 0. The third-order valence-corrected chi connectivity index (χ3v) is 2.41. The second-order valence-electron chi connectivity index (χ2n) is 4.13. The molecule has 0 aliphatic rings. The molecule has 0 heterocycles. The van der Waals surface area contributed by atoms with Crippen LogP contribution < -0.4 is 0 Å². The van der Waals surface area contributed by atoms with Crippen LogP contribution in [0.3, 0.4) is 0 Å². The van der Waals surface area contributed by atoms with Gasteiger partial charge in [-0.1, -0.05) is 6.07 Å². The minimum absolute atomic E-state index is 0.230. The Morgan fingerprint density at radius 2 is 1.82 bits per heavy atom. The maximum Gasteiger partial charge on any atom is 0.256 e. The van der Waals surface area contributed by atoms with Gasteiger partial charge in [0.1, 0.15) is 0 Å². The van der Waals surface area contributed by atoms with Gasteiger partial charge in [-0.25, -0.2) is 8.78 Å². The minimum atomic E-state index is -1.09.